The topological polar surface area (TPSA) is 191 Å². The van der Waals surface area contributed by atoms with Gasteiger partial charge in [0.2, 0.25) is 11.8 Å². The fourth-order valence-corrected chi connectivity index (χ4v) is 9.02. The lowest BCUT2D eigenvalue weighted by Crippen LogP contribution is -2.57. The van der Waals surface area contributed by atoms with Crippen LogP contribution in [0.25, 0.3) is 22.6 Å². The summed E-state index contributed by atoms with van der Waals surface area (Å²) in [6.45, 7) is 9.58. The van der Waals surface area contributed by atoms with Crippen LogP contribution in [0.5, 0.6) is 5.75 Å². The number of β-amino-alcohol motifs (C(OH)–C–C–N with tert-alkyl or cyclic N) is 1. The number of anilines is 2. The van der Waals surface area contributed by atoms with Crippen LogP contribution in [-0.4, -0.2) is 98.7 Å². The van der Waals surface area contributed by atoms with E-state index in [-0.39, 0.29) is 42.7 Å². The number of Topliss-reactive ketones (excluding diaryl/α,β-unsaturated/α-hetero) is 1. The van der Waals surface area contributed by atoms with Gasteiger partial charge in [0.15, 0.2) is 23.0 Å². The number of unbranched alkanes of at least 4 members (excludes halogenated alkanes) is 1. The number of pyridine rings is 1. The number of nitrogens with one attached hydrogen (secondary N) is 1. The van der Waals surface area contributed by atoms with Crippen molar-refractivity contribution in [3.8, 4) is 34.4 Å². The van der Waals surface area contributed by atoms with E-state index < -0.39 is 41.0 Å². The van der Waals surface area contributed by atoms with Gasteiger partial charge in [0.25, 0.3) is 5.91 Å². The second-order valence-corrected chi connectivity index (χ2v) is 19.2. The van der Waals surface area contributed by atoms with Crippen LogP contribution < -0.4 is 19.9 Å². The largest absolute Gasteiger partial charge is 0.492 e. The van der Waals surface area contributed by atoms with Crippen LogP contribution in [0.1, 0.15) is 71.4 Å². The molecule has 4 heterocycles. The Labute approximate surface area is 406 Å². The fourth-order valence-electron chi connectivity index (χ4n) is 8.28. The number of nitriles is 1. The molecule has 2 aromatic heterocycles. The molecule has 2 N–H and O–H groups in total. The zero-order valence-corrected chi connectivity index (χ0v) is 40.2. The number of benzene rings is 3. The minimum absolute atomic E-state index is 0.00911. The van der Waals surface area contributed by atoms with E-state index in [0.717, 1.165) is 28.1 Å². The number of nitrogens with zero attached hydrogens (tertiary/aromatic N) is 6. The summed E-state index contributed by atoms with van der Waals surface area (Å²) in [4.78, 5) is 67.3. The number of halogens is 1. The first kappa shape index (κ1) is 49.4. The summed E-state index contributed by atoms with van der Waals surface area (Å²) in [5, 5.41) is 23.2. The number of carbonyl (C=O) groups excluding carboxylic acids is 4. The second kappa shape index (κ2) is 21.2. The number of aliphatic hydroxyl groups excluding tert-OH is 1. The molecule has 2 aliphatic heterocycles. The van der Waals surface area contributed by atoms with Crippen LogP contribution in [0.3, 0.4) is 0 Å². The number of hydrogen-bond acceptors (Lipinski definition) is 12. The van der Waals surface area contributed by atoms with Gasteiger partial charge in [0.1, 0.15) is 30.0 Å². The monoisotopic (exact) mass is 959 g/mol. The predicted molar refractivity (Wildman–Crippen MR) is 261 cm³/mol. The van der Waals surface area contributed by atoms with Crippen molar-refractivity contribution in [1.29, 1.82) is 5.26 Å². The van der Waals surface area contributed by atoms with Gasteiger partial charge in [-0.2, -0.15) is 5.26 Å². The summed E-state index contributed by atoms with van der Waals surface area (Å²) in [6.07, 6.45) is 5.88. The first-order valence-electron chi connectivity index (χ1n) is 22.4. The molecule has 2 fully saturated rings. The highest BCUT2D eigenvalue weighted by atomic mass is 35.5. The highest BCUT2D eigenvalue weighted by Crippen LogP contribution is 2.38. The number of amides is 3. The minimum Gasteiger partial charge on any atom is -0.492 e. The predicted octanol–water partition coefficient (Wildman–Crippen LogP) is 7.72. The lowest BCUT2D eigenvalue weighted by molar-refractivity contribution is -0.144. The number of hydrogen-bond donors (Lipinski definition) is 2. The highest BCUT2D eigenvalue weighted by Gasteiger charge is 2.50. The maximum absolute atomic E-state index is 14.0. The number of thiocarbonyl (C=S) groups is 1. The summed E-state index contributed by atoms with van der Waals surface area (Å²) in [5.41, 5.74) is 3.25. The lowest BCUT2D eigenvalue weighted by atomic mass is 9.85. The number of carbonyl (C=O) groups is 4. The average Bonchev–Trinajstić information content (AvgIpc) is 4.04. The first-order chi connectivity index (χ1) is 32.5. The molecule has 3 atom stereocenters. The molecule has 68 heavy (non-hydrogen) atoms. The highest BCUT2D eigenvalue weighted by molar-refractivity contribution is 7.81. The Kier molecular flexibility index (Phi) is 15.4. The molecule has 0 unspecified atom stereocenters. The van der Waals surface area contributed by atoms with Gasteiger partial charge in [-0.25, -0.2) is 4.98 Å². The van der Waals surface area contributed by atoms with E-state index in [4.69, 9.17) is 37.7 Å². The van der Waals surface area contributed by atoms with Crippen molar-refractivity contribution in [1.82, 2.24) is 20.2 Å². The third kappa shape index (κ3) is 11.3. The molecular weight excluding hydrogens is 906 g/mol. The van der Waals surface area contributed by atoms with E-state index in [1.807, 2.05) is 87.5 Å². The summed E-state index contributed by atoms with van der Waals surface area (Å²) >= 11 is 12.1. The molecule has 3 aromatic carbocycles. The van der Waals surface area contributed by atoms with E-state index in [9.17, 15) is 29.5 Å². The SMILES string of the molecule is CC(C)(C)[C@H](NC(=O)COCCCCOc1ccc(-c2ccc(N3C(=S)N(c4ccc(C#N)c(Cl)c4)C(=O)C3(C)C)cc2)nc1)C(=O)N1C[C@H](O)C[C@H]1C(=O)CCc1ccc(-c2cnco2)cc1. The fraction of sp³-hybridized carbons (Fsp3) is 0.373. The van der Waals surface area contributed by atoms with Gasteiger partial charge in [-0.05, 0) is 98.8 Å². The zero-order valence-electron chi connectivity index (χ0n) is 38.6. The molecule has 0 radical (unpaired) electrons. The Bertz CT molecular complexity index is 2670. The number of ketones is 1. The molecule has 2 saturated heterocycles. The second-order valence-electron chi connectivity index (χ2n) is 18.4. The smallest absolute Gasteiger partial charge is 0.259 e. The maximum Gasteiger partial charge on any atom is 0.259 e. The summed E-state index contributed by atoms with van der Waals surface area (Å²) < 4.78 is 16.9. The average molecular weight is 961 g/mol. The number of oxazole rings is 1. The quantitative estimate of drug-likeness (QED) is 0.0642. The first-order valence-corrected chi connectivity index (χ1v) is 23.2. The molecule has 3 amide bonds. The zero-order chi connectivity index (χ0) is 48.8. The van der Waals surface area contributed by atoms with E-state index >= 15 is 0 Å². The van der Waals surface area contributed by atoms with Crippen molar-refractivity contribution in [3.63, 3.8) is 0 Å². The molecule has 7 rings (SSSR count). The van der Waals surface area contributed by atoms with Gasteiger partial charge in [0, 0.05) is 42.8 Å². The Morgan fingerprint density at radius 3 is 2.35 bits per heavy atom. The van der Waals surface area contributed by atoms with E-state index in [1.165, 1.54) is 16.2 Å². The number of aryl methyl sites for hydroxylation is 1. The Morgan fingerprint density at radius 2 is 1.71 bits per heavy atom. The molecule has 15 nitrogen and oxygen atoms in total. The summed E-state index contributed by atoms with van der Waals surface area (Å²) in [7, 11) is 0. The van der Waals surface area contributed by atoms with Gasteiger partial charge in [0.05, 0.1) is 53.1 Å². The van der Waals surface area contributed by atoms with Crippen molar-refractivity contribution in [2.75, 3.05) is 36.2 Å². The number of likely N-dealkylation sites (tertiary alicyclic amines) is 1. The van der Waals surface area contributed by atoms with Gasteiger partial charge >= 0.3 is 0 Å². The standard InChI is InChI=1S/C51H54ClN7O8S/c1-50(2,3)46(47(63)57-29-38(60)25-42(57)43(61)21-10-32-8-11-34(12-9-32)44-28-54-31-67-44)56-45(62)30-65-22-6-7-23-66-39-19-20-41(55-27-39)33-13-16-36(17-14-33)59-49(68)58(48(64)51(59,4)5)37-18-15-35(26-53)40(52)24-37/h8-9,11-20,24,27-28,31,38,42,46,60H,6-7,10,21-23,25,29-30H2,1-5H3,(H,56,62)/t38-,42+,46-/m1/s1. The van der Waals surface area contributed by atoms with Gasteiger partial charge in [-0.15, -0.1) is 0 Å². The van der Waals surface area contributed by atoms with Crippen molar-refractivity contribution < 1.29 is 38.2 Å². The maximum atomic E-state index is 14.0. The van der Waals surface area contributed by atoms with Gasteiger partial charge in [-0.1, -0.05) is 68.8 Å². The molecule has 0 bridgehead atoms. The normalized spacial score (nSPS) is 17.3. The number of rotatable bonds is 18. The van der Waals surface area contributed by atoms with Crippen molar-refractivity contribution >= 4 is 63.8 Å². The van der Waals surface area contributed by atoms with Crippen LogP contribution in [0.4, 0.5) is 11.4 Å². The number of aromatic nitrogens is 2. The molecule has 0 spiro atoms. The Hall–Kier alpha value is -6.51. The third-order valence-electron chi connectivity index (χ3n) is 12.0. The van der Waals surface area contributed by atoms with Crippen molar-refractivity contribution in [2.45, 2.75) is 90.4 Å². The van der Waals surface area contributed by atoms with Crippen LogP contribution in [0.15, 0.2) is 102 Å². The van der Waals surface area contributed by atoms with Crippen molar-refractivity contribution in [3.05, 3.63) is 114 Å². The molecular formula is C51H54ClN7O8S. The van der Waals surface area contributed by atoms with Crippen molar-refractivity contribution in [2.24, 2.45) is 5.41 Å². The Morgan fingerprint density at radius 1 is 1.00 bits per heavy atom. The summed E-state index contributed by atoms with van der Waals surface area (Å²) in [6, 6.07) is 24.0. The minimum atomic E-state index is -0.985. The van der Waals surface area contributed by atoms with E-state index in [1.54, 1.807) is 49.3 Å². The molecule has 0 aliphatic carbocycles. The van der Waals surface area contributed by atoms with Gasteiger partial charge < -0.3 is 34.1 Å². The third-order valence-corrected chi connectivity index (χ3v) is 12.7. The number of aliphatic hydroxyl groups is 1. The van der Waals surface area contributed by atoms with Crippen LogP contribution >= 0.6 is 23.8 Å². The molecule has 2 aliphatic rings. The van der Waals surface area contributed by atoms with E-state index in [0.29, 0.717) is 60.3 Å². The number of ether oxygens (including phenoxy) is 2. The molecule has 354 valence electrons. The molecule has 0 saturated carbocycles. The molecule has 17 heteroatoms. The van der Waals surface area contributed by atoms with Gasteiger partial charge in [-0.3, -0.25) is 29.1 Å². The summed E-state index contributed by atoms with van der Waals surface area (Å²) in [5.74, 6) is 0.00530. The van der Waals surface area contributed by atoms with Crippen LogP contribution in [0.2, 0.25) is 5.02 Å². The van der Waals surface area contributed by atoms with Crippen LogP contribution in [-0.2, 0) is 30.3 Å². The van der Waals surface area contributed by atoms with E-state index in [2.05, 4.69) is 15.3 Å². The van der Waals surface area contributed by atoms with Crippen LogP contribution in [0, 0.1) is 16.7 Å². The lowest BCUT2D eigenvalue weighted by Gasteiger charge is -2.35. The molecule has 5 aromatic rings. The Balaban J connectivity index is 0.831.